The van der Waals surface area contributed by atoms with Gasteiger partial charge in [0.1, 0.15) is 12.3 Å². The fraction of sp³-hybridized carbons (Fsp3) is 0.364. The van der Waals surface area contributed by atoms with Crippen molar-refractivity contribution in [2.45, 2.75) is 12.6 Å². The molecule has 0 spiro atoms. The van der Waals surface area contributed by atoms with E-state index in [4.69, 9.17) is 16.3 Å². The Kier molecular flexibility index (Phi) is 5.27. The largest absolute Gasteiger partial charge is 0.493 e. The van der Waals surface area contributed by atoms with Crippen molar-refractivity contribution < 1.29 is 22.7 Å². The molecule has 0 radical (unpaired) electrons. The van der Waals surface area contributed by atoms with Crippen LogP contribution in [0.25, 0.3) is 0 Å². The standard InChI is InChI=1S/C11H11ClF3NO2/c12-8-1-3-9(4-2-8)18-6-5-10(17)16-7-11(13,14)15/h1-4H,5-7H2,(H,16,17). The number of alkyl halides is 3. The second kappa shape index (κ2) is 6.49. The molecule has 1 N–H and O–H groups in total. The first-order valence-corrected chi connectivity index (χ1v) is 5.46. The molecule has 0 aliphatic heterocycles. The number of hydrogen-bond acceptors (Lipinski definition) is 2. The van der Waals surface area contributed by atoms with E-state index in [0.717, 1.165) is 0 Å². The number of halogens is 4. The Hall–Kier alpha value is -1.43. The molecule has 1 aromatic rings. The molecule has 3 nitrogen and oxygen atoms in total. The smallest absolute Gasteiger partial charge is 0.405 e. The van der Waals surface area contributed by atoms with E-state index in [-0.39, 0.29) is 13.0 Å². The summed E-state index contributed by atoms with van der Waals surface area (Å²) in [6, 6.07) is 6.44. The average molecular weight is 282 g/mol. The van der Waals surface area contributed by atoms with E-state index in [1.54, 1.807) is 29.6 Å². The molecule has 7 heteroatoms. The number of carbonyl (C=O) groups is 1. The summed E-state index contributed by atoms with van der Waals surface area (Å²) in [4.78, 5) is 11.0. The molecule has 0 aromatic heterocycles. The molecule has 1 rings (SSSR count). The van der Waals surface area contributed by atoms with Gasteiger partial charge >= 0.3 is 6.18 Å². The normalized spacial score (nSPS) is 11.1. The quantitative estimate of drug-likeness (QED) is 0.901. The van der Waals surface area contributed by atoms with E-state index < -0.39 is 18.6 Å². The van der Waals surface area contributed by atoms with Crippen molar-refractivity contribution >= 4 is 17.5 Å². The first kappa shape index (κ1) is 14.6. The first-order chi connectivity index (χ1) is 8.37. The maximum absolute atomic E-state index is 11.8. The van der Waals surface area contributed by atoms with Crippen LogP contribution in [0.3, 0.4) is 0 Å². The Balaban J connectivity index is 2.21. The highest BCUT2D eigenvalue weighted by Gasteiger charge is 2.27. The predicted octanol–water partition coefficient (Wildman–Crippen LogP) is 2.79. The number of ether oxygens (including phenoxy) is 1. The molecular weight excluding hydrogens is 271 g/mol. The van der Waals surface area contributed by atoms with E-state index in [0.29, 0.717) is 10.8 Å². The van der Waals surface area contributed by atoms with E-state index in [1.807, 2.05) is 0 Å². The van der Waals surface area contributed by atoms with E-state index in [2.05, 4.69) is 0 Å². The highest BCUT2D eigenvalue weighted by atomic mass is 35.5. The Bertz CT molecular complexity index is 392. The summed E-state index contributed by atoms with van der Waals surface area (Å²) in [7, 11) is 0. The van der Waals surface area contributed by atoms with Crippen LogP contribution >= 0.6 is 11.6 Å². The van der Waals surface area contributed by atoms with Gasteiger partial charge in [0.15, 0.2) is 0 Å². The molecule has 0 unspecified atom stereocenters. The molecular formula is C11H11ClF3NO2. The highest BCUT2D eigenvalue weighted by molar-refractivity contribution is 6.30. The third kappa shape index (κ3) is 6.34. The lowest BCUT2D eigenvalue weighted by atomic mass is 10.3. The van der Waals surface area contributed by atoms with Crippen molar-refractivity contribution in [3.63, 3.8) is 0 Å². The zero-order chi connectivity index (χ0) is 13.6. The first-order valence-electron chi connectivity index (χ1n) is 5.08. The van der Waals surface area contributed by atoms with Gasteiger partial charge in [-0.15, -0.1) is 0 Å². The van der Waals surface area contributed by atoms with Gasteiger partial charge in [-0.1, -0.05) is 11.6 Å². The van der Waals surface area contributed by atoms with Gasteiger partial charge < -0.3 is 10.1 Å². The van der Waals surface area contributed by atoms with Crippen molar-refractivity contribution in [3.05, 3.63) is 29.3 Å². The summed E-state index contributed by atoms with van der Waals surface area (Å²) in [6.45, 7) is -1.32. The van der Waals surface area contributed by atoms with Gasteiger partial charge in [-0.05, 0) is 24.3 Å². The van der Waals surface area contributed by atoms with E-state index in [1.165, 1.54) is 0 Å². The number of amides is 1. The van der Waals surface area contributed by atoms with Crippen LogP contribution in [0.5, 0.6) is 5.75 Å². The van der Waals surface area contributed by atoms with Crippen LogP contribution < -0.4 is 10.1 Å². The van der Waals surface area contributed by atoms with Crippen molar-refractivity contribution in [2.75, 3.05) is 13.2 Å². The summed E-state index contributed by atoms with van der Waals surface area (Å²) >= 11 is 5.65. The minimum atomic E-state index is -4.40. The maximum Gasteiger partial charge on any atom is 0.405 e. The Labute approximate surface area is 107 Å². The molecule has 0 saturated heterocycles. The van der Waals surface area contributed by atoms with Gasteiger partial charge in [0.25, 0.3) is 0 Å². The second-order valence-corrected chi connectivity index (χ2v) is 3.88. The lowest BCUT2D eigenvalue weighted by molar-refractivity contribution is -0.138. The number of nitrogens with one attached hydrogen (secondary N) is 1. The van der Waals surface area contributed by atoms with Gasteiger partial charge in [0, 0.05) is 5.02 Å². The summed E-state index contributed by atoms with van der Waals surface area (Å²) in [5.74, 6) is -0.204. The molecule has 1 aromatic carbocycles. The molecule has 0 atom stereocenters. The molecule has 0 fully saturated rings. The molecule has 1 amide bonds. The zero-order valence-corrected chi connectivity index (χ0v) is 10.0. The fourth-order valence-electron chi connectivity index (χ4n) is 1.08. The third-order valence-electron chi connectivity index (χ3n) is 1.90. The second-order valence-electron chi connectivity index (χ2n) is 3.44. The lowest BCUT2D eigenvalue weighted by Crippen LogP contribution is -2.34. The van der Waals surface area contributed by atoms with Crippen molar-refractivity contribution in [2.24, 2.45) is 0 Å². The van der Waals surface area contributed by atoms with E-state index in [9.17, 15) is 18.0 Å². The fourth-order valence-corrected chi connectivity index (χ4v) is 1.21. The van der Waals surface area contributed by atoms with Gasteiger partial charge in [-0.25, -0.2) is 0 Å². The Morgan fingerprint density at radius 2 is 1.89 bits per heavy atom. The third-order valence-corrected chi connectivity index (χ3v) is 2.15. The summed E-state index contributed by atoms with van der Waals surface area (Å²) in [6.07, 6.45) is -4.54. The number of benzene rings is 1. The average Bonchev–Trinajstić information content (AvgIpc) is 2.28. The monoisotopic (exact) mass is 281 g/mol. The zero-order valence-electron chi connectivity index (χ0n) is 9.26. The Morgan fingerprint density at radius 1 is 1.28 bits per heavy atom. The van der Waals surface area contributed by atoms with Crippen LogP contribution in [0.15, 0.2) is 24.3 Å². The summed E-state index contributed by atoms with van der Waals surface area (Å²) in [5.41, 5.74) is 0. The van der Waals surface area contributed by atoms with Gasteiger partial charge in [0.2, 0.25) is 5.91 Å². The lowest BCUT2D eigenvalue weighted by Gasteiger charge is -2.09. The number of hydrogen-bond donors (Lipinski definition) is 1. The van der Waals surface area contributed by atoms with Crippen LogP contribution in [0.2, 0.25) is 5.02 Å². The van der Waals surface area contributed by atoms with Crippen molar-refractivity contribution in [3.8, 4) is 5.75 Å². The van der Waals surface area contributed by atoms with Gasteiger partial charge in [-0.3, -0.25) is 4.79 Å². The maximum atomic E-state index is 11.8. The number of carbonyl (C=O) groups excluding carboxylic acids is 1. The molecule has 0 aliphatic rings. The van der Waals surface area contributed by atoms with Crippen LogP contribution in [0.4, 0.5) is 13.2 Å². The number of rotatable bonds is 5. The predicted molar refractivity (Wildman–Crippen MR) is 60.6 cm³/mol. The van der Waals surface area contributed by atoms with E-state index >= 15 is 0 Å². The van der Waals surface area contributed by atoms with Crippen LogP contribution in [0, 0.1) is 0 Å². The minimum absolute atomic E-state index is 0.00528. The topological polar surface area (TPSA) is 38.3 Å². The summed E-state index contributed by atoms with van der Waals surface area (Å²) < 4.78 is 40.5. The van der Waals surface area contributed by atoms with Crippen LogP contribution in [-0.4, -0.2) is 25.2 Å². The van der Waals surface area contributed by atoms with Crippen LogP contribution in [-0.2, 0) is 4.79 Å². The minimum Gasteiger partial charge on any atom is -0.493 e. The Morgan fingerprint density at radius 3 is 2.44 bits per heavy atom. The highest BCUT2D eigenvalue weighted by Crippen LogP contribution is 2.15. The molecule has 0 saturated carbocycles. The van der Waals surface area contributed by atoms with Crippen LogP contribution in [0.1, 0.15) is 6.42 Å². The SMILES string of the molecule is O=C(CCOc1ccc(Cl)cc1)NCC(F)(F)F. The van der Waals surface area contributed by atoms with Crippen molar-refractivity contribution in [1.29, 1.82) is 0 Å². The molecule has 0 heterocycles. The molecule has 0 aliphatic carbocycles. The molecule has 18 heavy (non-hydrogen) atoms. The van der Waals surface area contributed by atoms with Crippen molar-refractivity contribution in [1.82, 2.24) is 5.32 Å². The van der Waals surface area contributed by atoms with Gasteiger partial charge in [0.05, 0.1) is 13.0 Å². The molecule has 100 valence electrons. The molecule has 0 bridgehead atoms. The summed E-state index contributed by atoms with van der Waals surface area (Å²) in [5, 5.41) is 2.30. The van der Waals surface area contributed by atoms with Gasteiger partial charge in [-0.2, -0.15) is 13.2 Å².